The summed E-state index contributed by atoms with van der Waals surface area (Å²) >= 11 is 3.28. The first kappa shape index (κ1) is 12.7. The lowest BCUT2D eigenvalue weighted by molar-refractivity contribution is -0.385. The molecule has 82 valence electrons. The molecule has 0 fully saturated rings. The van der Waals surface area contributed by atoms with Crippen LogP contribution < -0.4 is 0 Å². The summed E-state index contributed by atoms with van der Waals surface area (Å²) < 4.78 is 14.1. The third kappa shape index (κ3) is 2.81. The monoisotopic (exact) mass is 341 g/mol. The van der Waals surface area contributed by atoms with E-state index >= 15 is 0 Å². The van der Waals surface area contributed by atoms with Crippen LogP contribution in [0, 0.1) is 15.9 Å². The highest BCUT2D eigenvalue weighted by atomic mass is 127. The van der Waals surface area contributed by atoms with E-state index in [0.29, 0.717) is 9.32 Å². The number of rotatable bonds is 4. The number of hydrogen-bond donors (Lipinski definition) is 0. The molecular formula is C9H9FINO2S. The van der Waals surface area contributed by atoms with E-state index in [0.717, 1.165) is 5.75 Å². The summed E-state index contributed by atoms with van der Waals surface area (Å²) in [5, 5.41) is 10.6. The highest BCUT2D eigenvalue weighted by Crippen LogP contribution is 2.31. The van der Waals surface area contributed by atoms with Crippen LogP contribution in [0.15, 0.2) is 17.0 Å². The molecule has 0 aromatic heterocycles. The van der Waals surface area contributed by atoms with Crippen molar-refractivity contribution in [3.05, 3.63) is 33.6 Å². The second-order valence-corrected chi connectivity index (χ2v) is 4.77. The van der Waals surface area contributed by atoms with E-state index < -0.39 is 10.7 Å². The predicted octanol–water partition coefficient (Wildman–Crippen LogP) is 3.78. The second kappa shape index (κ2) is 5.64. The number of hydrogen-bond acceptors (Lipinski definition) is 3. The van der Waals surface area contributed by atoms with Crippen molar-refractivity contribution >= 4 is 40.0 Å². The second-order valence-electron chi connectivity index (χ2n) is 2.70. The summed E-state index contributed by atoms with van der Waals surface area (Å²) in [6, 6.07) is 2.84. The van der Waals surface area contributed by atoms with Crippen LogP contribution in [0.4, 0.5) is 10.1 Å². The van der Waals surface area contributed by atoms with Crippen molar-refractivity contribution in [1.82, 2.24) is 0 Å². The zero-order valence-electron chi connectivity index (χ0n) is 8.00. The average Bonchev–Trinajstić information content (AvgIpc) is 2.20. The van der Waals surface area contributed by atoms with Gasteiger partial charge in [0.05, 0.1) is 10.5 Å². The molecule has 0 N–H and O–H groups in total. The molecule has 0 aliphatic rings. The molecule has 0 aliphatic carbocycles. The number of nitro benzene ring substituents is 1. The van der Waals surface area contributed by atoms with Crippen LogP contribution in [0.3, 0.4) is 0 Å². The third-order valence-electron chi connectivity index (χ3n) is 1.81. The molecular weight excluding hydrogens is 332 g/mol. The quantitative estimate of drug-likeness (QED) is 0.275. The smallest absolute Gasteiger partial charge is 0.258 e. The zero-order chi connectivity index (χ0) is 11.4. The first-order valence-electron chi connectivity index (χ1n) is 4.26. The predicted molar refractivity (Wildman–Crippen MR) is 67.2 cm³/mol. The highest BCUT2D eigenvalue weighted by Gasteiger charge is 2.19. The molecule has 0 spiro atoms. The van der Waals surface area contributed by atoms with Gasteiger partial charge in [0, 0.05) is 15.4 Å². The van der Waals surface area contributed by atoms with Gasteiger partial charge in [0.25, 0.3) is 5.69 Å². The summed E-state index contributed by atoms with van der Waals surface area (Å²) in [7, 11) is 0. The van der Waals surface area contributed by atoms with Gasteiger partial charge in [-0.25, -0.2) is 4.39 Å². The van der Waals surface area contributed by atoms with Crippen molar-refractivity contribution in [2.24, 2.45) is 0 Å². The SMILES string of the molecule is CCSc1ccc([N+](=O)[O-])c(CI)c1F. The van der Waals surface area contributed by atoms with Gasteiger partial charge in [-0.2, -0.15) is 0 Å². The molecule has 15 heavy (non-hydrogen) atoms. The Morgan fingerprint density at radius 1 is 1.60 bits per heavy atom. The van der Waals surface area contributed by atoms with Crippen LogP contribution in [-0.4, -0.2) is 10.7 Å². The Bertz CT molecular complexity index is 387. The molecule has 1 rings (SSSR count). The number of halogens is 2. The van der Waals surface area contributed by atoms with Crippen LogP contribution in [-0.2, 0) is 4.43 Å². The fourth-order valence-corrected chi connectivity index (χ4v) is 2.61. The van der Waals surface area contributed by atoms with Crippen molar-refractivity contribution in [2.75, 3.05) is 5.75 Å². The van der Waals surface area contributed by atoms with Crippen molar-refractivity contribution < 1.29 is 9.31 Å². The molecule has 1 aromatic rings. The minimum absolute atomic E-state index is 0.137. The maximum atomic E-state index is 13.8. The standard InChI is InChI=1S/C9H9FINO2S/c1-2-15-8-4-3-7(12(13)14)6(5-11)9(8)10/h3-4H,2,5H2,1H3. The molecule has 1 aromatic carbocycles. The number of alkyl halides is 1. The van der Waals surface area contributed by atoms with Crippen LogP contribution >= 0.6 is 34.4 Å². The summed E-state index contributed by atoms with van der Waals surface area (Å²) in [6.07, 6.45) is 0. The van der Waals surface area contributed by atoms with Gasteiger partial charge in [0.15, 0.2) is 0 Å². The Morgan fingerprint density at radius 2 is 2.27 bits per heavy atom. The first-order valence-corrected chi connectivity index (χ1v) is 6.77. The molecule has 0 heterocycles. The lowest BCUT2D eigenvalue weighted by Gasteiger charge is -2.05. The maximum absolute atomic E-state index is 13.8. The molecule has 0 aliphatic heterocycles. The average molecular weight is 341 g/mol. The molecule has 0 unspecified atom stereocenters. The van der Waals surface area contributed by atoms with Crippen molar-refractivity contribution in [2.45, 2.75) is 16.2 Å². The Labute approximate surface area is 105 Å². The molecule has 3 nitrogen and oxygen atoms in total. The van der Waals surface area contributed by atoms with Gasteiger partial charge in [-0.1, -0.05) is 29.5 Å². The third-order valence-corrected chi connectivity index (χ3v) is 3.49. The van der Waals surface area contributed by atoms with E-state index in [1.165, 1.54) is 23.9 Å². The van der Waals surface area contributed by atoms with E-state index in [-0.39, 0.29) is 11.3 Å². The summed E-state index contributed by atoms with van der Waals surface area (Å²) in [4.78, 5) is 10.6. The Kier molecular flexibility index (Phi) is 4.78. The van der Waals surface area contributed by atoms with Crippen molar-refractivity contribution in [3.63, 3.8) is 0 Å². The Balaban J connectivity index is 3.26. The topological polar surface area (TPSA) is 43.1 Å². The van der Waals surface area contributed by atoms with E-state index in [1.54, 1.807) is 0 Å². The molecule has 0 atom stereocenters. The molecule has 0 bridgehead atoms. The largest absolute Gasteiger partial charge is 0.276 e. The highest BCUT2D eigenvalue weighted by molar-refractivity contribution is 14.1. The van der Waals surface area contributed by atoms with Crippen LogP contribution in [0.2, 0.25) is 0 Å². The normalized spacial score (nSPS) is 10.3. The van der Waals surface area contributed by atoms with Gasteiger partial charge in [0.2, 0.25) is 0 Å². The van der Waals surface area contributed by atoms with Crippen LogP contribution in [0.5, 0.6) is 0 Å². The van der Waals surface area contributed by atoms with Gasteiger partial charge in [-0.3, -0.25) is 10.1 Å². The fourth-order valence-electron chi connectivity index (χ4n) is 1.15. The lowest BCUT2D eigenvalue weighted by Crippen LogP contribution is -1.98. The lowest BCUT2D eigenvalue weighted by atomic mass is 10.2. The first-order chi connectivity index (χ1) is 7.11. The molecule has 0 saturated carbocycles. The van der Waals surface area contributed by atoms with Gasteiger partial charge in [0.1, 0.15) is 5.82 Å². The zero-order valence-corrected chi connectivity index (χ0v) is 11.0. The van der Waals surface area contributed by atoms with Crippen LogP contribution in [0.25, 0.3) is 0 Å². The molecule has 0 amide bonds. The van der Waals surface area contributed by atoms with Crippen LogP contribution in [0.1, 0.15) is 12.5 Å². The van der Waals surface area contributed by atoms with E-state index in [2.05, 4.69) is 0 Å². The summed E-state index contributed by atoms with van der Waals surface area (Å²) in [5.74, 6) is 0.292. The number of nitro groups is 1. The van der Waals surface area contributed by atoms with Gasteiger partial charge in [-0.15, -0.1) is 11.8 Å². The number of thioether (sulfide) groups is 1. The minimum Gasteiger partial charge on any atom is -0.258 e. The van der Waals surface area contributed by atoms with Gasteiger partial charge >= 0.3 is 0 Å². The van der Waals surface area contributed by atoms with E-state index in [1.807, 2.05) is 29.5 Å². The van der Waals surface area contributed by atoms with Gasteiger partial charge < -0.3 is 0 Å². The number of benzene rings is 1. The fraction of sp³-hybridized carbons (Fsp3) is 0.333. The Hall–Kier alpha value is -0.370. The maximum Gasteiger partial charge on any atom is 0.276 e. The van der Waals surface area contributed by atoms with Crippen molar-refractivity contribution in [1.29, 1.82) is 0 Å². The minimum atomic E-state index is -0.544. The number of nitrogens with zero attached hydrogens (tertiary/aromatic N) is 1. The molecule has 0 radical (unpaired) electrons. The molecule has 6 heteroatoms. The summed E-state index contributed by atoms with van der Waals surface area (Å²) in [6.45, 7) is 1.91. The molecule has 0 saturated heterocycles. The van der Waals surface area contributed by atoms with E-state index in [4.69, 9.17) is 0 Å². The van der Waals surface area contributed by atoms with E-state index in [9.17, 15) is 14.5 Å². The summed E-state index contributed by atoms with van der Waals surface area (Å²) in [5.41, 5.74) is 0.0430. The Morgan fingerprint density at radius 3 is 2.73 bits per heavy atom. The van der Waals surface area contributed by atoms with Crippen molar-refractivity contribution in [3.8, 4) is 0 Å². The van der Waals surface area contributed by atoms with Gasteiger partial charge in [-0.05, 0) is 11.8 Å².